The first-order valence-electron chi connectivity index (χ1n) is 7.63. The zero-order valence-electron chi connectivity index (χ0n) is 13.1. The third-order valence-electron chi connectivity index (χ3n) is 3.89. The van der Waals surface area contributed by atoms with Crippen molar-refractivity contribution in [1.29, 1.82) is 0 Å². The van der Waals surface area contributed by atoms with Gasteiger partial charge in [0.25, 0.3) is 0 Å². The Morgan fingerprint density at radius 3 is 2.46 bits per heavy atom. The fourth-order valence-electron chi connectivity index (χ4n) is 2.68. The summed E-state index contributed by atoms with van der Waals surface area (Å²) in [5.41, 5.74) is 1.54. The maximum Gasteiger partial charge on any atom is 0.335 e. The van der Waals surface area contributed by atoms with Crippen LogP contribution in [0.25, 0.3) is 22.3 Å². The molecule has 0 aliphatic carbocycles. The van der Waals surface area contributed by atoms with Crippen LogP contribution in [0.1, 0.15) is 29.3 Å². The molecular weight excluding hydrogens is 308 g/mol. The normalized spacial score (nSPS) is 10.9. The van der Waals surface area contributed by atoms with Gasteiger partial charge >= 0.3 is 5.97 Å². The van der Waals surface area contributed by atoms with Crippen molar-refractivity contribution >= 4 is 16.9 Å². The van der Waals surface area contributed by atoms with Crippen LogP contribution >= 0.6 is 0 Å². The lowest BCUT2D eigenvalue weighted by Gasteiger charge is -2.09. The van der Waals surface area contributed by atoms with E-state index in [4.69, 9.17) is 9.52 Å². The third-order valence-corrected chi connectivity index (χ3v) is 3.89. The molecule has 0 bridgehead atoms. The number of carbonyl (C=O) groups is 1. The third kappa shape index (κ3) is 2.76. The van der Waals surface area contributed by atoms with Crippen molar-refractivity contribution in [1.82, 2.24) is 0 Å². The number of phenols is 1. The second-order valence-corrected chi connectivity index (χ2v) is 5.55. The van der Waals surface area contributed by atoms with E-state index in [1.54, 1.807) is 18.2 Å². The minimum Gasteiger partial charge on any atom is -0.508 e. The average molecular weight is 324 g/mol. The first-order chi connectivity index (χ1) is 11.5. The van der Waals surface area contributed by atoms with Gasteiger partial charge in [-0.15, -0.1) is 0 Å². The van der Waals surface area contributed by atoms with Crippen LogP contribution < -0.4 is 5.43 Å². The molecule has 0 atom stereocenters. The van der Waals surface area contributed by atoms with E-state index in [0.717, 1.165) is 6.42 Å². The van der Waals surface area contributed by atoms with E-state index < -0.39 is 5.97 Å². The van der Waals surface area contributed by atoms with Crippen LogP contribution in [-0.2, 0) is 6.42 Å². The summed E-state index contributed by atoms with van der Waals surface area (Å²) in [7, 11) is 0. The molecule has 24 heavy (non-hydrogen) atoms. The molecule has 0 fully saturated rings. The van der Waals surface area contributed by atoms with Crippen LogP contribution in [0.5, 0.6) is 5.75 Å². The Balaban J connectivity index is 2.20. The summed E-state index contributed by atoms with van der Waals surface area (Å²) >= 11 is 0. The molecule has 0 unspecified atom stereocenters. The monoisotopic (exact) mass is 324 g/mol. The maximum atomic E-state index is 12.4. The number of fused-ring (bicyclic) bond motifs is 1. The summed E-state index contributed by atoms with van der Waals surface area (Å²) < 4.78 is 5.89. The predicted molar refractivity (Wildman–Crippen MR) is 90.5 cm³/mol. The topological polar surface area (TPSA) is 87.7 Å². The summed E-state index contributed by atoms with van der Waals surface area (Å²) in [6.07, 6.45) is 1.39. The standard InChI is InChI=1S/C19H16O5/c1-2-3-13-15(20)9-8-14-16(21)10-17(24-18(13)14)11-4-6-12(7-5-11)19(22)23/h4-10,20H,2-3H2,1H3,(H,22,23). The van der Waals surface area contributed by atoms with Crippen LogP contribution in [-0.4, -0.2) is 16.2 Å². The number of hydrogen-bond acceptors (Lipinski definition) is 4. The van der Waals surface area contributed by atoms with Crippen LogP contribution in [0, 0.1) is 0 Å². The Morgan fingerprint density at radius 1 is 1.12 bits per heavy atom. The smallest absolute Gasteiger partial charge is 0.335 e. The molecule has 0 radical (unpaired) electrons. The molecule has 2 N–H and O–H groups in total. The minimum absolute atomic E-state index is 0.103. The minimum atomic E-state index is -1.02. The van der Waals surface area contributed by atoms with Gasteiger partial charge in [-0.25, -0.2) is 4.79 Å². The Labute approximate surface area is 137 Å². The number of aromatic carboxylic acids is 1. The first kappa shape index (κ1) is 15.8. The number of carboxylic acids is 1. The van der Waals surface area contributed by atoms with Crippen molar-refractivity contribution in [2.75, 3.05) is 0 Å². The van der Waals surface area contributed by atoms with Gasteiger partial charge < -0.3 is 14.6 Å². The summed E-state index contributed by atoms with van der Waals surface area (Å²) in [4.78, 5) is 23.3. The van der Waals surface area contributed by atoms with Gasteiger partial charge in [-0.1, -0.05) is 25.5 Å². The summed E-state index contributed by atoms with van der Waals surface area (Å²) in [5.74, 6) is -0.574. The van der Waals surface area contributed by atoms with E-state index in [0.29, 0.717) is 34.3 Å². The highest BCUT2D eigenvalue weighted by molar-refractivity contribution is 5.88. The quantitative estimate of drug-likeness (QED) is 0.762. The molecule has 0 amide bonds. The lowest BCUT2D eigenvalue weighted by Crippen LogP contribution is -2.02. The number of carboxylic acid groups (broad SMARTS) is 1. The molecule has 0 spiro atoms. The molecule has 5 nitrogen and oxygen atoms in total. The van der Waals surface area contributed by atoms with Gasteiger partial charge in [0.15, 0.2) is 5.43 Å². The van der Waals surface area contributed by atoms with Gasteiger partial charge in [0.05, 0.1) is 10.9 Å². The van der Waals surface area contributed by atoms with Crippen molar-refractivity contribution in [3.05, 3.63) is 63.8 Å². The van der Waals surface area contributed by atoms with Crippen molar-refractivity contribution in [3.8, 4) is 17.1 Å². The van der Waals surface area contributed by atoms with E-state index >= 15 is 0 Å². The lowest BCUT2D eigenvalue weighted by atomic mass is 10.0. The molecule has 5 heteroatoms. The van der Waals surface area contributed by atoms with Crippen molar-refractivity contribution in [3.63, 3.8) is 0 Å². The fraction of sp³-hybridized carbons (Fsp3) is 0.158. The van der Waals surface area contributed by atoms with E-state index in [-0.39, 0.29) is 16.7 Å². The number of benzene rings is 2. The summed E-state index contributed by atoms with van der Waals surface area (Å²) in [6.45, 7) is 1.98. The van der Waals surface area contributed by atoms with Crippen molar-refractivity contribution in [2.24, 2.45) is 0 Å². The van der Waals surface area contributed by atoms with Gasteiger partial charge in [0.1, 0.15) is 17.1 Å². The Morgan fingerprint density at radius 2 is 1.83 bits per heavy atom. The largest absolute Gasteiger partial charge is 0.508 e. The molecule has 3 aromatic rings. The van der Waals surface area contributed by atoms with Crippen LogP contribution in [0.4, 0.5) is 0 Å². The second-order valence-electron chi connectivity index (χ2n) is 5.55. The molecule has 0 aliphatic heterocycles. The molecular formula is C19H16O5. The SMILES string of the molecule is CCCc1c(O)ccc2c(=O)cc(-c3ccc(C(=O)O)cc3)oc12. The highest BCUT2D eigenvalue weighted by atomic mass is 16.4. The molecule has 1 aromatic heterocycles. The Bertz CT molecular complexity index is 967. The maximum absolute atomic E-state index is 12.4. The van der Waals surface area contributed by atoms with Crippen LogP contribution in [0.15, 0.2) is 51.7 Å². The van der Waals surface area contributed by atoms with E-state index in [9.17, 15) is 14.7 Å². The molecule has 3 rings (SSSR count). The van der Waals surface area contributed by atoms with Crippen LogP contribution in [0.3, 0.4) is 0 Å². The van der Waals surface area contributed by atoms with Gasteiger partial charge in [-0.3, -0.25) is 4.79 Å². The summed E-state index contributed by atoms with van der Waals surface area (Å²) in [6, 6.07) is 10.5. The molecule has 0 saturated carbocycles. The molecule has 1 heterocycles. The van der Waals surface area contributed by atoms with E-state index in [1.807, 2.05) is 6.92 Å². The zero-order valence-corrected chi connectivity index (χ0v) is 13.1. The number of phenolic OH excluding ortho intramolecular Hbond substituents is 1. The molecule has 122 valence electrons. The first-order valence-corrected chi connectivity index (χ1v) is 7.63. The number of hydrogen-bond donors (Lipinski definition) is 2. The highest BCUT2D eigenvalue weighted by Crippen LogP contribution is 2.30. The number of aryl methyl sites for hydroxylation is 1. The summed E-state index contributed by atoms with van der Waals surface area (Å²) in [5, 5.41) is 19.4. The second kappa shape index (κ2) is 6.20. The Kier molecular flexibility index (Phi) is 4.08. The van der Waals surface area contributed by atoms with Gasteiger partial charge in [0.2, 0.25) is 0 Å². The molecule has 0 aliphatic rings. The highest BCUT2D eigenvalue weighted by Gasteiger charge is 2.14. The van der Waals surface area contributed by atoms with Crippen molar-refractivity contribution in [2.45, 2.75) is 19.8 Å². The van der Waals surface area contributed by atoms with E-state index in [1.165, 1.54) is 24.3 Å². The van der Waals surface area contributed by atoms with Crippen LogP contribution in [0.2, 0.25) is 0 Å². The lowest BCUT2D eigenvalue weighted by molar-refractivity contribution is 0.0697. The van der Waals surface area contributed by atoms with E-state index in [2.05, 4.69) is 0 Å². The molecule has 2 aromatic carbocycles. The molecule has 0 saturated heterocycles. The van der Waals surface area contributed by atoms with Crippen molar-refractivity contribution < 1.29 is 19.4 Å². The zero-order chi connectivity index (χ0) is 17.3. The van der Waals surface area contributed by atoms with Gasteiger partial charge in [0, 0.05) is 17.2 Å². The number of rotatable bonds is 4. The van der Waals surface area contributed by atoms with Gasteiger partial charge in [-0.05, 0) is 30.7 Å². The number of aromatic hydroxyl groups is 1. The van der Waals surface area contributed by atoms with Gasteiger partial charge in [-0.2, -0.15) is 0 Å². The fourth-order valence-corrected chi connectivity index (χ4v) is 2.68. The predicted octanol–water partition coefficient (Wildman–Crippen LogP) is 3.82. The Hall–Kier alpha value is -3.08. The average Bonchev–Trinajstić information content (AvgIpc) is 2.57.